The molecule has 174 valence electrons. The van der Waals surface area contributed by atoms with Crippen LogP contribution in [0.1, 0.15) is 60.0 Å². The molecule has 0 aliphatic heterocycles. The summed E-state index contributed by atoms with van der Waals surface area (Å²) in [5.74, 6) is -0.0631. The molecule has 1 heterocycles. The van der Waals surface area contributed by atoms with Gasteiger partial charge in [0.15, 0.2) is 0 Å². The maximum absolute atomic E-state index is 13.2. The first-order valence-corrected chi connectivity index (χ1v) is 12.5. The fourth-order valence-electron chi connectivity index (χ4n) is 3.82. The van der Waals surface area contributed by atoms with Gasteiger partial charge in [0.05, 0.1) is 5.56 Å². The van der Waals surface area contributed by atoms with Gasteiger partial charge in [-0.3, -0.25) is 4.79 Å². The molecule has 0 radical (unpaired) electrons. The molecule has 1 amide bonds. The Morgan fingerprint density at radius 2 is 1.85 bits per heavy atom. The Balaban J connectivity index is 0.000000421. The number of hydrogen-bond acceptors (Lipinski definition) is 4. The lowest BCUT2D eigenvalue weighted by Gasteiger charge is -2.17. The predicted octanol–water partition coefficient (Wildman–Crippen LogP) is 6.74. The summed E-state index contributed by atoms with van der Waals surface area (Å²) in [6.07, 6.45) is 8.35. The molecule has 1 N–H and O–H groups in total. The fraction of sp³-hybridized carbons (Fsp3) is 0.357. The van der Waals surface area contributed by atoms with Crippen molar-refractivity contribution in [2.24, 2.45) is 0 Å². The molecule has 0 saturated heterocycles. The minimum Gasteiger partial charge on any atom is -0.316 e. The van der Waals surface area contributed by atoms with Gasteiger partial charge in [-0.25, -0.2) is 0 Å². The molecule has 0 atom stereocenters. The average Bonchev–Trinajstić information content (AvgIpc) is 3.26. The number of nitrogens with one attached hydrogen (secondary N) is 1. The number of likely N-dealkylation sites (N-methyl/N-ethyl adjacent to an activating group) is 1. The van der Waals surface area contributed by atoms with Gasteiger partial charge in [-0.05, 0) is 62.1 Å². The zero-order valence-electron chi connectivity index (χ0n) is 20.4. The van der Waals surface area contributed by atoms with E-state index >= 15 is 0 Å². The number of thiophene rings is 1. The number of hydrogen-bond donors (Lipinski definition) is 1. The second-order valence-electron chi connectivity index (χ2n) is 7.52. The number of nitrogens with zero attached hydrogens (tertiary/aromatic N) is 2. The summed E-state index contributed by atoms with van der Waals surface area (Å²) in [6.45, 7) is 6.99. The summed E-state index contributed by atoms with van der Waals surface area (Å²) < 4.78 is 0. The summed E-state index contributed by atoms with van der Waals surface area (Å²) in [7, 11) is 3.71. The summed E-state index contributed by atoms with van der Waals surface area (Å²) in [4.78, 5) is 16.1. The van der Waals surface area contributed by atoms with E-state index in [9.17, 15) is 10.1 Å². The molecule has 0 spiro atoms. The molecule has 1 aliphatic rings. The highest BCUT2D eigenvalue weighted by Crippen LogP contribution is 2.40. The quantitative estimate of drug-likeness (QED) is 0.438. The SMILES string of the molecule is C/C=C\CNC.CC.CN(C(=O)c1cccc2ccccc12)c1sc2c(c1C#N)CCCC2. The van der Waals surface area contributed by atoms with E-state index in [2.05, 4.69) is 17.5 Å². The highest BCUT2D eigenvalue weighted by molar-refractivity contribution is 7.16. The van der Waals surface area contributed by atoms with E-state index in [1.54, 1.807) is 23.3 Å². The highest BCUT2D eigenvalue weighted by Gasteiger charge is 2.26. The van der Waals surface area contributed by atoms with E-state index < -0.39 is 0 Å². The summed E-state index contributed by atoms with van der Waals surface area (Å²) in [5, 5.41) is 15.4. The number of allylic oxidation sites excluding steroid dienone is 1. The number of carbonyl (C=O) groups is 1. The number of nitriles is 1. The van der Waals surface area contributed by atoms with E-state index in [0.29, 0.717) is 11.1 Å². The van der Waals surface area contributed by atoms with Crippen LogP contribution in [0.5, 0.6) is 0 Å². The maximum Gasteiger partial charge on any atom is 0.259 e. The number of carbonyl (C=O) groups excluding carboxylic acids is 1. The topological polar surface area (TPSA) is 56.1 Å². The van der Waals surface area contributed by atoms with E-state index in [1.807, 2.05) is 76.4 Å². The van der Waals surface area contributed by atoms with Crippen LogP contribution >= 0.6 is 11.3 Å². The largest absolute Gasteiger partial charge is 0.316 e. The lowest BCUT2D eigenvalue weighted by atomic mass is 9.96. The Morgan fingerprint density at radius 3 is 2.52 bits per heavy atom. The van der Waals surface area contributed by atoms with Gasteiger partial charge in [-0.1, -0.05) is 62.4 Å². The van der Waals surface area contributed by atoms with Crippen molar-refractivity contribution in [2.75, 3.05) is 25.5 Å². The van der Waals surface area contributed by atoms with Crippen molar-refractivity contribution in [2.45, 2.75) is 46.5 Å². The van der Waals surface area contributed by atoms with Gasteiger partial charge < -0.3 is 10.2 Å². The third-order valence-electron chi connectivity index (χ3n) is 5.45. The third-order valence-corrected chi connectivity index (χ3v) is 6.82. The van der Waals surface area contributed by atoms with Crippen molar-refractivity contribution >= 4 is 33.0 Å². The third kappa shape index (κ3) is 6.31. The lowest BCUT2D eigenvalue weighted by molar-refractivity contribution is 0.0995. The van der Waals surface area contributed by atoms with Crippen molar-refractivity contribution in [1.29, 1.82) is 5.26 Å². The number of benzene rings is 2. The van der Waals surface area contributed by atoms with Crippen LogP contribution < -0.4 is 10.2 Å². The molecule has 33 heavy (non-hydrogen) atoms. The molecule has 0 bridgehead atoms. The summed E-state index contributed by atoms with van der Waals surface area (Å²) in [5.41, 5.74) is 2.53. The minimum atomic E-state index is -0.0631. The number of aryl methyl sites for hydroxylation is 1. The van der Waals surface area contributed by atoms with Crippen molar-refractivity contribution in [1.82, 2.24) is 5.32 Å². The molecule has 2 aromatic carbocycles. The van der Waals surface area contributed by atoms with Crippen molar-refractivity contribution in [3.05, 3.63) is 76.2 Å². The number of fused-ring (bicyclic) bond motifs is 2. The fourth-order valence-corrected chi connectivity index (χ4v) is 5.12. The Kier molecular flexibility index (Phi) is 10.8. The molecule has 4 nitrogen and oxygen atoms in total. The predicted molar refractivity (Wildman–Crippen MR) is 142 cm³/mol. The summed E-state index contributed by atoms with van der Waals surface area (Å²) in [6, 6.07) is 16.0. The molecule has 1 aliphatic carbocycles. The van der Waals surface area contributed by atoms with Crippen LogP contribution in [-0.2, 0) is 12.8 Å². The second kappa shape index (κ2) is 13.6. The maximum atomic E-state index is 13.2. The van der Waals surface area contributed by atoms with Gasteiger partial charge in [0.25, 0.3) is 5.91 Å². The lowest BCUT2D eigenvalue weighted by Crippen LogP contribution is -2.26. The summed E-state index contributed by atoms with van der Waals surface area (Å²) >= 11 is 1.61. The van der Waals surface area contributed by atoms with Crippen molar-refractivity contribution < 1.29 is 4.79 Å². The van der Waals surface area contributed by atoms with Gasteiger partial charge >= 0.3 is 0 Å². The molecule has 3 aromatic rings. The standard InChI is InChI=1S/C21H18N2OS.C5H11N.C2H6/c1-23(21-18(13-22)16-10-4-5-12-19(16)25-21)20(24)17-11-6-8-14-7-2-3-9-15(14)17;1-3-4-5-6-2;1-2/h2-3,6-9,11H,4-5,10,12H2,1H3;3-4,6H,5H2,1-2H3;1-2H3/b;4-3-;. The van der Waals surface area contributed by atoms with E-state index in [-0.39, 0.29) is 5.91 Å². The second-order valence-corrected chi connectivity index (χ2v) is 8.60. The number of amides is 1. The first-order chi connectivity index (χ1) is 16.1. The monoisotopic (exact) mass is 461 g/mol. The van der Waals surface area contributed by atoms with Crippen LogP contribution in [0.25, 0.3) is 10.8 Å². The Morgan fingerprint density at radius 1 is 1.15 bits per heavy atom. The van der Waals surface area contributed by atoms with Crippen LogP contribution in [-0.4, -0.2) is 26.5 Å². The molecule has 0 fully saturated rings. The Hall–Kier alpha value is -2.94. The highest BCUT2D eigenvalue weighted by atomic mass is 32.1. The Labute approximate surface area is 202 Å². The zero-order valence-corrected chi connectivity index (χ0v) is 21.3. The van der Waals surface area contributed by atoms with Crippen LogP contribution in [0.15, 0.2) is 54.6 Å². The van der Waals surface area contributed by atoms with Gasteiger partial charge in [0.1, 0.15) is 11.1 Å². The molecular weight excluding hydrogens is 426 g/mol. The Bertz CT molecular complexity index is 1120. The van der Waals surface area contributed by atoms with Gasteiger partial charge in [-0.2, -0.15) is 5.26 Å². The van der Waals surface area contributed by atoms with Gasteiger partial charge in [0.2, 0.25) is 0 Å². The van der Waals surface area contributed by atoms with E-state index in [4.69, 9.17) is 0 Å². The van der Waals surface area contributed by atoms with Crippen molar-refractivity contribution in [3.8, 4) is 6.07 Å². The first kappa shape index (κ1) is 26.3. The van der Waals surface area contributed by atoms with Crippen LogP contribution in [0, 0.1) is 11.3 Å². The normalized spacial score (nSPS) is 12.1. The van der Waals surface area contributed by atoms with E-state index in [0.717, 1.165) is 47.1 Å². The molecule has 1 aromatic heterocycles. The number of anilines is 1. The van der Waals surface area contributed by atoms with Gasteiger partial charge in [-0.15, -0.1) is 11.3 Å². The van der Waals surface area contributed by atoms with Crippen LogP contribution in [0.3, 0.4) is 0 Å². The molecule has 0 saturated carbocycles. The molecular formula is C28H35N3OS. The van der Waals surface area contributed by atoms with Crippen LogP contribution in [0.4, 0.5) is 5.00 Å². The molecule has 4 rings (SSSR count). The smallest absolute Gasteiger partial charge is 0.259 e. The van der Waals surface area contributed by atoms with E-state index in [1.165, 1.54) is 11.3 Å². The zero-order chi connectivity index (χ0) is 24.2. The van der Waals surface area contributed by atoms with Crippen LogP contribution in [0.2, 0.25) is 0 Å². The van der Waals surface area contributed by atoms with Gasteiger partial charge in [0, 0.05) is 24.0 Å². The minimum absolute atomic E-state index is 0.0631. The van der Waals surface area contributed by atoms with Crippen molar-refractivity contribution in [3.63, 3.8) is 0 Å². The molecule has 0 unspecified atom stereocenters. The first-order valence-electron chi connectivity index (χ1n) is 11.7. The molecule has 5 heteroatoms. The number of rotatable bonds is 4. The average molecular weight is 462 g/mol.